The van der Waals surface area contributed by atoms with E-state index >= 15 is 0 Å². The molecule has 1 aromatic rings. The zero-order valence-electron chi connectivity index (χ0n) is 11.5. The van der Waals surface area contributed by atoms with Crippen LogP contribution in [0.1, 0.15) is 23.7 Å². The molecule has 0 aliphatic rings. The Labute approximate surface area is 113 Å². The quantitative estimate of drug-likeness (QED) is 0.735. The standard InChI is InChI=1S/C14H19NO4/c1-4-19-12-8-6-5-7-11(12)14(17)15(2)10-9-13(16)18-3/h5-8H,4,9-10H2,1-3H3. The van der Waals surface area contributed by atoms with Crippen molar-refractivity contribution in [3.8, 4) is 5.75 Å². The highest BCUT2D eigenvalue weighted by Gasteiger charge is 2.17. The van der Waals surface area contributed by atoms with Crippen LogP contribution in [0.3, 0.4) is 0 Å². The van der Waals surface area contributed by atoms with Gasteiger partial charge in [-0.05, 0) is 19.1 Å². The van der Waals surface area contributed by atoms with Crippen LogP contribution < -0.4 is 4.74 Å². The van der Waals surface area contributed by atoms with Gasteiger partial charge in [0.2, 0.25) is 0 Å². The number of hydrogen-bond donors (Lipinski definition) is 0. The van der Waals surface area contributed by atoms with E-state index in [-0.39, 0.29) is 18.3 Å². The highest BCUT2D eigenvalue weighted by Crippen LogP contribution is 2.19. The SMILES string of the molecule is CCOc1ccccc1C(=O)N(C)CCC(=O)OC. The Kier molecular flexibility index (Phi) is 5.85. The normalized spacial score (nSPS) is 9.84. The van der Waals surface area contributed by atoms with Crippen molar-refractivity contribution in [2.45, 2.75) is 13.3 Å². The Morgan fingerprint density at radius 2 is 1.95 bits per heavy atom. The second-order valence-electron chi connectivity index (χ2n) is 3.98. The van der Waals surface area contributed by atoms with E-state index in [4.69, 9.17) is 4.74 Å². The third kappa shape index (κ3) is 4.28. The smallest absolute Gasteiger partial charge is 0.307 e. The number of esters is 1. The predicted molar refractivity (Wildman–Crippen MR) is 71.2 cm³/mol. The molecule has 0 atom stereocenters. The predicted octanol–water partition coefficient (Wildman–Crippen LogP) is 1.72. The van der Waals surface area contributed by atoms with Gasteiger partial charge in [0, 0.05) is 13.6 Å². The maximum Gasteiger partial charge on any atom is 0.307 e. The highest BCUT2D eigenvalue weighted by molar-refractivity contribution is 5.96. The molecule has 0 saturated carbocycles. The molecule has 0 N–H and O–H groups in total. The Morgan fingerprint density at radius 3 is 2.58 bits per heavy atom. The number of carbonyl (C=O) groups excluding carboxylic acids is 2. The summed E-state index contributed by atoms with van der Waals surface area (Å²) in [6, 6.07) is 7.06. The molecular weight excluding hydrogens is 246 g/mol. The van der Waals surface area contributed by atoms with Crippen LogP contribution in [-0.4, -0.2) is 44.1 Å². The lowest BCUT2D eigenvalue weighted by Crippen LogP contribution is -2.29. The van der Waals surface area contributed by atoms with Gasteiger partial charge in [-0.1, -0.05) is 12.1 Å². The Balaban J connectivity index is 2.73. The molecule has 1 amide bonds. The Bertz CT molecular complexity index is 445. The third-order valence-electron chi connectivity index (χ3n) is 2.64. The lowest BCUT2D eigenvalue weighted by atomic mass is 10.1. The summed E-state index contributed by atoms with van der Waals surface area (Å²) >= 11 is 0. The molecule has 0 unspecified atom stereocenters. The number of rotatable bonds is 6. The van der Waals surface area contributed by atoms with Gasteiger partial charge in [-0.2, -0.15) is 0 Å². The lowest BCUT2D eigenvalue weighted by Gasteiger charge is -2.18. The minimum absolute atomic E-state index is 0.173. The molecule has 19 heavy (non-hydrogen) atoms. The number of para-hydroxylation sites is 1. The molecule has 0 aliphatic heterocycles. The number of nitrogens with zero attached hydrogens (tertiary/aromatic N) is 1. The van der Waals surface area contributed by atoms with Gasteiger partial charge in [-0.15, -0.1) is 0 Å². The average molecular weight is 265 g/mol. The molecule has 5 nitrogen and oxygen atoms in total. The van der Waals surface area contributed by atoms with Crippen molar-refractivity contribution >= 4 is 11.9 Å². The van der Waals surface area contributed by atoms with E-state index in [1.807, 2.05) is 13.0 Å². The molecule has 0 aliphatic carbocycles. The fourth-order valence-electron chi connectivity index (χ4n) is 1.59. The van der Waals surface area contributed by atoms with Crippen LogP contribution in [0.2, 0.25) is 0 Å². The van der Waals surface area contributed by atoms with E-state index in [1.54, 1.807) is 25.2 Å². The third-order valence-corrected chi connectivity index (χ3v) is 2.64. The summed E-state index contributed by atoms with van der Waals surface area (Å²) in [5, 5.41) is 0. The van der Waals surface area contributed by atoms with Crippen LogP contribution in [0, 0.1) is 0 Å². The fraction of sp³-hybridized carbons (Fsp3) is 0.429. The number of carbonyl (C=O) groups is 2. The van der Waals surface area contributed by atoms with Crippen molar-refractivity contribution in [2.75, 3.05) is 27.3 Å². The number of hydrogen-bond acceptors (Lipinski definition) is 4. The first-order valence-electron chi connectivity index (χ1n) is 6.14. The van der Waals surface area contributed by atoms with Crippen molar-refractivity contribution < 1.29 is 19.1 Å². The molecule has 0 spiro atoms. The van der Waals surface area contributed by atoms with Gasteiger partial charge < -0.3 is 14.4 Å². The average Bonchev–Trinajstić information content (AvgIpc) is 2.44. The summed E-state index contributed by atoms with van der Waals surface area (Å²) in [7, 11) is 2.97. The molecular formula is C14H19NO4. The van der Waals surface area contributed by atoms with Crippen molar-refractivity contribution in [1.29, 1.82) is 0 Å². The summed E-state index contributed by atoms with van der Waals surface area (Å²) in [5.74, 6) is 0.0469. The van der Waals surface area contributed by atoms with E-state index in [0.717, 1.165) is 0 Å². The van der Waals surface area contributed by atoms with E-state index in [0.29, 0.717) is 24.5 Å². The van der Waals surface area contributed by atoms with Crippen molar-refractivity contribution in [2.24, 2.45) is 0 Å². The van der Waals surface area contributed by atoms with E-state index in [2.05, 4.69) is 4.74 Å². The molecule has 1 rings (SSSR count). The van der Waals surface area contributed by atoms with Gasteiger partial charge in [0.05, 0.1) is 25.7 Å². The van der Waals surface area contributed by atoms with Crippen LogP contribution in [-0.2, 0) is 9.53 Å². The highest BCUT2D eigenvalue weighted by atomic mass is 16.5. The molecule has 0 heterocycles. The summed E-state index contributed by atoms with van der Waals surface area (Å²) in [4.78, 5) is 24.8. The summed E-state index contributed by atoms with van der Waals surface area (Å²) in [6.07, 6.45) is 0.176. The number of benzene rings is 1. The van der Waals surface area contributed by atoms with Gasteiger partial charge in [0.15, 0.2) is 0 Å². The zero-order valence-corrected chi connectivity index (χ0v) is 11.5. The number of amides is 1. The van der Waals surface area contributed by atoms with E-state index in [1.165, 1.54) is 12.0 Å². The van der Waals surface area contributed by atoms with Crippen LogP contribution in [0.4, 0.5) is 0 Å². The molecule has 0 radical (unpaired) electrons. The fourth-order valence-corrected chi connectivity index (χ4v) is 1.59. The van der Waals surface area contributed by atoms with Crippen LogP contribution >= 0.6 is 0 Å². The first kappa shape index (κ1) is 15.0. The van der Waals surface area contributed by atoms with Crippen LogP contribution in [0.15, 0.2) is 24.3 Å². The summed E-state index contributed by atoms with van der Waals surface area (Å²) in [5.41, 5.74) is 0.497. The second kappa shape index (κ2) is 7.41. The van der Waals surface area contributed by atoms with Gasteiger partial charge in [-0.25, -0.2) is 0 Å². The summed E-state index contributed by atoms with van der Waals surface area (Å²) in [6.45, 7) is 2.67. The van der Waals surface area contributed by atoms with Crippen LogP contribution in [0.5, 0.6) is 5.75 Å². The Morgan fingerprint density at radius 1 is 1.26 bits per heavy atom. The van der Waals surface area contributed by atoms with E-state index < -0.39 is 0 Å². The molecule has 1 aromatic carbocycles. The van der Waals surface area contributed by atoms with Crippen LogP contribution in [0.25, 0.3) is 0 Å². The lowest BCUT2D eigenvalue weighted by molar-refractivity contribution is -0.140. The maximum atomic E-state index is 12.2. The number of methoxy groups -OCH3 is 1. The largest absolute Gasteiger partial charge is 0.493 e. The molecule has 0 bridgehead atoms. The van der Waals surface area contributed by atoms with Gasteiger partial charge in [0.1, 0.15) is 5.75 Å². The molecule has 0 saturated heterocycles. The molecule has 5 heteroatoms. The minimum Gasteiger partial charge on any atom is -0.493 e. The second-order valence-corrected chi connectivity index (χ2v) is 3.98. The molecule has 0 aromatic heterocycles. The first-order chi connectivity index (χ1) is 9.10. The minimum atomic E-state index is -0.335. The monoisotopic (exact) mass is 265 g/mol. The first-order valence-corrected chi connectivity index (χ1v) is 6.14. The molecule has 0 fully saturated rings. The van der Waals surface area contributed by atoms with Gasteiger partial charge in [-0.3, -0.25) is 9.59 Å². The topological polar surface area (TPSA) is 55.8 Å². The number of ether oxygens (including phenoxy) is 2. The summed E-state index contributed by atoms with van der Waals surface area (Å²) < 4.78 is 9.96. The molecule has 104 valence electrons. The van der Waals surface area contributed by atoms with Gasteiger partial charge in [0.25, 0.3) is 5.91 Å². The van der Waals surface area contributed by atoms with Crippen molar-refractivity contribution in [3.63, 3.8) is 0 Å². The van der Waals surface area contributed by atoms with Gasteiger partial charge >= 0.3 is 5.97 Å². The van der Waals surface area contributed by atoms with E-state index in [9.17, 15) is 9.59 Å². The van der Waals surface area contributed by atoms with Crippen molar-refractivity contribution in [1.82, 2.24) is 4.90 Å². The van der Waals surface area contributed by atoms with Crippen molar-refractivity contribution in [3.05, 3.63) is 29.8 Å². The zero-order chi connectivity index (χ0) is 14.3. The maximum absolute atomic E-state index is 12.2. The Hall–Kier alpha value is -2.04.